The standard InChI is InChI=1S/C18H23NO2/c1-19(2)14-17(20)18(21-3,15-10-6-4-7-11-15)16-12-8-5-9-13-16/h4-13,17,20H,14H2,1-3H3. The third-order valence-corrected chi connectivity index (χ3v) is 3.73. The van der Waals surface area contributed by atoms with Gasteiger partial charge in [0.1, 0.15) is 11.7 Å². The summed E-state index contributed by atoms with van der Waals surface area (Å²) < 4.78 is 5.90. The first-order valence-corrected chi connectivity index (χ1v) is 7.10. The van der Waals surface area contributed by atoms with Gasteiger partial charge >= 0.3 is 0 Å². The Kier molecular flexibility index (Phi) is 5.12. The molecule has 2 rings (SSSR count). The van der Waals surface area contributed by atoms with Crippen molar-refractivity contribution in [1.29, 1.82) is 0 Å². The van der Waals surface area contributed by atoms with Gasteiger partial charge in [0.2, 0.25) is 0 Å². The lowest BCUT2D eigenvalue weighted by Gasteiger charge is -2.39. The van der Waals surface area contributed by atoms with E-state index < -0.39 is 11.7 Å². The molecule has 0 spiro atoms. The van der Waals surface area contributed by atoms with Gasteiger partial charge in [-0.3, -0.25) is 0 Å². The summed E-state index contributed by atoms with van der Waals surface area (Å²) in [5.41, 5.74) is 1.04. The quantitative estimate of drug-likeness (QED) is 0.885. The average Bonchev–Trinajstić information content (AvgIpc) is 2.50. The van der Waals surface area contributed by atoms with Crippen molar-refractivity contribution in [1.82, 2.24) is 4.90 Å². The van der Waals surface area contributed by atoms with Crippen LogP contribution in [0.4, 0.5) is 0 Å². The molecule has 2 aromatic rings. The van der Waals surface area contributed by atoms with Crippen LogP contribution in [0, 0.1) is 0 Å². The minimum atomic E-state index is -0.868. The minimum Gasteiger partial charge on any atom is -0.388 e. The average molecular weight is 285 g/mol. The Morgan fingerprint density at radius 2 is 1.38 bits per heavy atom. The van der Waals surface area contributed by atoms with E-state index in [1.807, 2.05) is 79.7 Å². The second-order valence-electron chi connectivity index (χ2n) is 5.45. The number of ether oxygens (including phenoxy) is 1. The third kappa shape index (κ3) is 3.16. The van der Waals surface area contributed by atoms with Crippen LogP contribution in [-0.4, -0.2) is 43.9 Å². The fraction of sp³-hybridized carbons (Fsp3) is 0.333. The highest BCUT2D eigenvalue weighted by molar-refractivity contribution is 5.38. The van der Waals surface area contributed by atoms with Gasteiger partial charge in [-0.1, -0.05) is 60.7 Å². The topological polar surface area (TPSA) is 32.7 Å². The minimum absolute atomic E-state index is 0.512. The van der Waals surface area contributed by atoms with Gasteiger partial charge in [-0.05, 0) is 25.2 Å². The van der Waals surface area contributed by atoms with Crippen molar-refractivity contribution in [3.63, 3.8) is 0 Å². The molecule has 3 nitrogen and oxygen atoms in total. The number of aliphatic hydroxyl groups is 1. The molecule has 0 aliphatic heterocycles. The predicted octanol–water partition coefficient (Wildman–Crippen LogP) is 2.50. The molecular formula is C18H23NO2. The molecular weight excluding hydrogens is 262 g/mol. The number of rotatable bonds is 6. The first-order valence-electron chi connectivity index (χ1n) is 7.10. The van der Waals surface area contributed by atoms with Gasteiger partial charge in [-0.2, -0.15) is 0 Å². The highest BCUT2D eigenvalue weighted by atomic mass is 16.5. The zero-order valence-corrected chi connectivity index (χ0v) is 12.9. The van der Waals surface area contributed by atoms with Crippen LogP contribution in [0.15, 0.2) is 60.7 Å². The SMILES string of the molecule is COC(c1ccccc1)(c1ccccc1)C(O)CN(C)C. The van der Waals surface area contributed by atoms with Crippen molar-refractivity contribution < 1.29 is 9.84 Å². The number of methoxy groups -OCH3 is 1. The van der Waals surface area contributed by atoms with Gasteiger partial charge in [-0.25, -0.2) is 0 Å². The lowest BCUT2D eigenvalue weighted by molar-refractivity contribution is -0.0863. The second kappa shape index (κ2) is 6.85. The monoisotopic (exact) mass is 285 g/mol. The molecule has 3 heteroatoms. The van der Waals surface area contributed by atoms with Gasteiger partial charge in [0, 0.05) is 13.7 Å². The summed E-state index contributed by atoms with van der Waals surface area (Å²) in [4.78, 5) is 1.96. The van der Waals surface area contributed by atoms with E-state index in [4.69, 9.17) is 4.74 Å². The molecule has 0 heterocycles. The van der Waals surface area contributed by atoms with E-state index in [9.17, 15) is 5.11 Å². The summed E-state index contributed by atoms with van der Waals surface area (Å²) >= 11 is 0. The summed E-state index contributed by atoms with van der Waals surface area (Å²) in [5, 5.41) is 10.9. The van der Waals surface area contributed by atoms with E-state index in [2.05, 4.69) is 0 Å². The van der Waals surface area contributed by atoms with E-state index in [-0.39, 0.29) is 0 Å². The highest BCUT2D eigenvalue weighted by Gasteiger charge is 2.41. The Morgan fingerprint density at radius 3 is 1.71 bits per heavy atom. The largest absolute Gasteiger partial charge is 0.388 e. The number of likely N-dealkylation sites (N-methyl/N-ethyl adjacent to an activating group) is 1. The maximum Gasteiger partial charge on any atom is 0.145 e. The fourth-order valence-electron chi connectivity index (χ4n) is 2.77. The van der Waals surface area contributed by atoms with Gasteiger partial charge < -0.3 is 14.7 Å². The van der Waals surface area contributed by atoms with E-state index in [0.717, 1.165) is 11.1 Å². The molecule has 0 aliphatic rings. The van der Waals surface area contributed by atoms with E-state index >= 15 is 0 Å². The van der Waals surface area contributed by atoms with E-state index in [1.165, 1.54) is 0 Å². The molecule has 1 N–H and O–H groups in total. The molecule has 0 fully saturated rings. The Labute approximate surface area is 126 Å². The van der Waals surface area contributed by atoms with E-state index in [0.29, 0.717) is 6.54 Å². The van der Waals surface area contributed by atoms with Crippen LogP contribution < -0.4 is 0 Å². The van der Waals surface area contributed by atoms with Crippen LogP contribution in [0.2, 0.25) is 0 Å². The number of benzene rings is 2. The number of hydrogen-bond acceptors (Lipinski definition) is 3. The van der Waals surface area contributed by atoms with Crippen molar-refractivity contribution in [2.75, 3.05) is 27.7 Å². The first-order chi connectivity index (χ1) is 10.1. The molecule has 0 aliphatic carbocycles. The molecule has 0 radical (unpaired) electrons. The molecule has 0 saturated heterocycles. The fourth-order valence-corrected chi connectivity index (χ4v) is 2.77. The number of nitrogens with zero attached hydrogens (tertiary/aromatic N) is 1. The summed E-state index contributed by atoms with van der Waals surface area (Å²) in [7, 11) is 5.54. The number of aliphatic hydroxyl groups excluding tert-OH is 1. The van der Waals surface area contributed by atoms with Gasteiger partial charge in [-0.15, -0.1) is 0 Å². The van der Waals surface area contributed by atoms with Crippen molar-refractivity contribution >= 4 is 0 Å². The van der Waals surface area contributed by atoms with Crippen molar-refractivity contribution in [2.24, 2.45) is 0 Å². The molecule has 1 unspecified atom stereocenters. The van der Waals surface area contributed by atoms with Crippen molar-refractivity contribution in [2.45, 2.75) is 11.7 Å². The summed E-state index contributed by atoms with van der Waals surface area (Å²) in [6.45, 7) is 0.512. The highest BCUT2D eigenvalue weighted by Crippen LogP contribution is 2.36. The smallest absolute Gasteiger partial charge is 0.145 e. The Balaban J connectivity index is 2.57. The van der Waals surface area contributed by atoms with Crippen LogP contribution >= 0.6 is 0 Å². The second-order valence-corrected chi connectivity index (χ2v) is 5.45. The van der Waals surface area contributed by atoms with Crippen LogP contribution in [0.3, 0.4) is 0 Å². The zero-order valence-electron chi connectivity index (χ0n) is 12.9. The Morgan fingerprint density at radius 1 is 0.952 bits per heavy atom. The first kappa shape index (κ1) is 15.7. The molecule has 0 aromatic heterocycles. The normalized spacial score (nSPS) is 13.4. The van der Waals surface area contributed by atoms with Crippen LogP contribution in [0.5, 0.6) is 0 Å². The van der Waals surface area contributed by atoms with Crippen LogP contribution in [0.25, 0.3) is 0 Å². The maximum absolute atomic E-state index is 10.9. The Bertz CT molecular complexity index is 500. The van der Waals surface area contributed by atoms with Crippen molar-refractivity contribution in [3.8, 4) is 0 Å². The van der Waals surface area contributed by atoms with E-state index in [1.54, 1.807) is 7.11 Å². The van der Waals surface area contributed by atoms with Gasteiger partial charge in [0.15, 0.2) is 0 Å². The van der Waals surface area contributed by atoms with Gasteiger partial charge in [0.05, 0.1) is 0 Å². The number of hydrogen-bond donors (Lipinski definition) is 1. The summed E-state index contributed by atoms with van der Waals surface area (Å²) in [6, 6.07) is 19.8. The third-order valence-electron chi connectivity index (χ3n) is 3.73. The molecule has 112 valence electrons. The molecule has 0 amide bonds. The molecule has 2 aromatic carbocycles. The molecule has 1 atom stereocenters. The predicted molar refractivity (Wildman–Crippen MR) is 85.2 cm³/mol. The summed E-state index contributed by atoms with van der Waals surface area (Å²) in [6.07, 6.45) is -0.678. The molecule has 0 bridgehead atoms. The van der Waals surface area contributed by atoms with Gasteiger partial charge in [0.25, 0.3) is 0 Å². The summed E-state index contributed by atoms with van der Waals surface area (Å²) in [5.74, 6) is 0. The lowest BCUT2D eigenvalue weighted by Crippen LogP contribution is -2.47. The van der Waals surface area contributed by atoms with Crippen LogP contribution in [0.1, 0.15) is 11.1 Å². The Hall–Kier alpha value is -1.68. The lowest BCUT2D eigenvalue weighted by atomic mass is 9.81. The molecule has 21 heavy (non-hydrogen) atoms. The zero-order chi connectivity index (χ0) is 15.3. The van der Waals surface area contributed by atoms with Crippen molar-refractivity contribution in [3.05, 3.63) is 71.8 Å². The molecule has 0 saturated carbocycles. The van der Waals surface area contributed by atoms with Crippen LogP contribution in [-0.2, 0) is 10.3 Å². The maximum atomic E-state index is 10.9.